The molecule has 1 amide bonds. The second-order valence-electron chi connectivity index (χ2n) is 16.6. The van der Waals surface area contributed by atoms with Crippen LogP contribution in [0.15, 0.2) is 95.0 Å². The van der Waals surface area contributed by atoms with Crippen molar-refractivity contribution in [2.24, 2.45) is 22.9 Å². The zero-order chi connectivity index (χ0) is 40.7. The molecule has 0 saturated heterocycles. The minimum absolute atomic E-state index is 0.0648. The number of unbranched alkanes of at least 4 members (excludes halogenated alkanes) is 2. The van der Waals surface area contributed by atoms with E-state index in [1.54, 1.807) is 17.8 Å². The summed E-state index contributed by atoms with van der Waals surface area (Å²) in [7, 11) is 0. The smallest absolute Gasteiger partial charge is 0.231 e. The molecule has 1 heterocycles. The molecular weight excluding hydrogens is 737 g/mol. The number of hydrogen-bond donors (Lipinski definition) is 3. The maximum atomic E-state index is 11.8. The Balaban J connectivity index is 1.55. The van der Waals surface area contributed by atoms with Gasteiger partial charge in [-0.3, -0.25) is 4.79 Å². The van der Waals surface area contributed by atoms with Crippen LogP contribution in [0.25, 0.3) is 0 Å². The summed E-state index contributed by atoms with van der Waals surface area (Å²) in [5.41, 5.74) is 5.59. The Labute approximate surface area is 342 Å². The predicted octanol–water partition coefficient (Wildman–Crippen LogP) is 10.3. The molecule has 3 aromatic rings. The predicted molar refractivity (Wildman–Crippen MR) is 228 cm³/mol. The second kappa shape index (κ2) is 18.7. The van der Waals surface area contributed by atoms with Gasteiger partial charge in [0.2, 0.25) is 11.7 Å². The summed E-state index contributed by atoms with van der Waals surface area (Å²) >= 11 is 1.68. The van der Waals surface area contributed by atoms with E-state index in [4.69, 9.17) is 24.2 Å². The summed E-state index contributed by atoms with van der Waals surface area (Å²) in [6.07, 6.45) is 9.69. The van der Waals surface area contributed by atoms with E-state index >= 15 is 0 Å². The maximum Gasteiger partial charge on any atom is 0.231 e. The molecule has 306 valence electrons. The topological polar surface area (TPSA) is 119 Å². The molecule has 6 rings (SSSR count). The number of ether oxygens (including phenoxy) is 3. The third-order valence-corrected chi connectivity index (χ3v) is 12.5. The Hall–Kier alpha value is -4.09. The van der Waals surface area contributed by atoms with Gasteiger partial charge in [-0.05, 0) is 143 Å². The molecule has 3 aliphatic rings. The number of benzene rings is 3. The van der Waals surface area contributed by atoms with Crippen LogP contribution < -0.4 is 14.8 Å². The molecule has 9 nitrogen and oxygen atoms in total. The Morgan fingerprint density at radius 2 is 1.68 bits per heavy atom. The van der Waals surface area contributed by atoms with Gasteiger partial charge in [-0.15, -0.1) is 18.3 Å². The van der Waals surface area contributed by atoms with Crippen LogP contribution in [0.1, 0.15) is 95.2 Å². The van der Waals surface area contributed by atoms with Crippen molar-refractivity contribution in [3.05, 3.63) is 102 Å². The SMILES string of the molecule is C=CCO[C@@]12Oc3ccc(Oc4ccc(C)c(C)c4)cc3[C@H]3[C@H](CCCCO)[C@@H](CCCCO)C=C(C(=NOC(C)(C)C)C[C@@H]1Sc1ccc(NC(C)=O)cc1)[C@H]32. The molecule has 3 aromatic carbocycles. The van der Waals surface area contributed by atoms with E-state index in [0.717, 1.165) is 82.3 Å². The number of fused-ring (bicyclic) bond motifs is 2. The fourth-order valence-electron chi connectivity index (χ4n) is 8.58. The van der Waals surface area contributed by atoms with Gasteiger partial charge >= 0.3 is 0 Å². The molecule has 1 saturated carbocycles. The molecule has 0 bridgehead atoms. The van der Waals surface area contributed by atoms with Gasteiger partial charge < -0.3 is 34.6 Å². The van der Waals surface area contributed by atoms with E-state index in [-0.39, 0.29) is 54.6 Å². The summed E-state index contributed by atoms with van der Waals surface area (Å²) in [5.74, 6) is 1.01. The number of carbonyl (C=O) groups is 1. The quantitative estimate of drug-likeness (QED) is 0.0702. The number of rotatable bonds is 17. The number of anilines is 1. The standard InChI is InChI=1S/C47H60N2O7S/c1-8-25-53-47-43(57-37-20-16-34(17-21-37)48-32(4)52)29-41(49-56-46(5,6)7)39-27-33(13-9-11-23-50)38(14-10-12-24-51)44(45(39)47)40-28-36(19-22-42(40)55-47)54-35-18-15-30(2)31(3)26-35/h8,15-22,26-28,33,38,43-45,50-51H,1,9-14,23-25,29H2,2-7H3,(H,48,52)/t33-,38+,43-,44+,45+,47+/m0/s1. The average Bonchev–Trinajstić information content (AvgIpc) is 3.17. The zero-order valence-electron chi connectivity index (χ0n) is 34.4. The Morgan fingerprint density at radius 1 is 0.982 bits per heavy atom. The number of nitrogens with zero attached hydrogens (tertiary/aromatic N) is 1. The molecule has 0 aromatic heterocycles. The molecule has 2 aliphatic carbocycles. The van der Waals surface area contributed by atoms with Gasteiger partial charge in [-0.2, -0.15) is 0 Å². The third kappa shape index (κ3) is 9.97. The van der Waals surface area contributed by atoms with Crippen molar-refractivity contribution in [1.29, 1.82) is 0 Å². The fraction of sp³-hybridized carbons (Fsp3) is 0.489. The van der Waals surface area contributed by atoms with Crippen molar-refractivity contribution in [1.82, 2.24) is 0 Å². The number of aliphatic hydroxyl groups is 2. The lowest BCUT2D eigenvalue weighted by Gasteiger charge is -2.58. The zero-order valence-corrected chi connectivity index (χ0v) is 35.2. The van der Waals surface area contributed by atoms with Gasteiger partial charge in [0.05, 0.1) is 23.5 Å². The Morgan fingerprint density at radius 3 is 2.35 bits per heavy atom. The van der Waals surface area contributed by atoms with Crippen molar-refractivity contribution in [3.63, 3.8) is 0 Å². The number of nitrogens with one attached hydrogen (secondary N) is 1. The van der Waals surface area contributed by atoms with Crippen LogP contribution in [0.4, 0.5) is 5.69 Å². The first kappa shape index (κ1) is 42.5. The molecule has 1 fully saturated rings. The number of aryl methyl sites for hydroxylation is 2. The van der Waals surface area contributed by atoms with E-state index < -0.39 is 11.4 Å². The average molecular weight is 797 g/mol. The highest BCUT2D eigenvalue weighted by atomic mass is 32.2. The highest BCUT2D eigenvalue weighted by Gasteiger charge is 2.64. The van der Waals surface area contributed by atoms with Crippen LogP contribution in [0, 0.1) is 31.6 Å². The van der Waals surface area contributed by atoms with Gasteiger partial charge in [0, 0.05) is 48.6 Å². The molecule has 0 spiro atoms. The van der Waals surface area contributed by atoms with E-state index in [1.807, 2.05) is 63.2 Å². The normalized spacial score (nSPS) is 24.5. The van der Waals surface area contributed by atoms with E-state index in [0.29, 0.717) is 12.8 Å². The monoisotopic (exact) mass is 796 g/mol. The number of allylic oxidation sites excluding steroid dienone is 1. The molecule has 0 radical (unpaired) electrons. The summed E-state index contributed by atoms with van der Waals surface area (Å²) in [6, 6.07) is 20.2. The van der Waals surface area contributed by atoms with Gasteiger partial charge in [-0.25, -0.2) is 0 Å². The lowest BCUT2D eigenvalue weighted by atomic mass is 9.56. The van der Waals surface area contributed by atoms with Crippen molar-refractivity contribution in [2.75, 3.05) is 25.1 Å². The minimum Gasteiger partial charge on any atom is -0.460 e. The van der Waals surface area contributed by atoms with Gasteiger partial charge in [0.15, 0.2) is 0 Å². The number of thioether (sulfide) groups is 1. The number of aliphatic hydroxyl groups excluding tert-OH is 2. The van der Waals surface area contributed by atoms with Crippen molar-refractivity contribution in [2.45, 2.75) is 114 Å². The van der Waals surface area contributed by atoms with Gasteiger partial charge in [0.25, 0.3) is 0 Å². The molecule has 6 atom stereocenters. The van der Waals surface area contributed by atoms with Crippen molar-refractivity contribution < 1.29 is 34.1 Å². The van der Waals surface area contributed by atoms with Gasteiger partial charge in [0.1, 0.15) is 22.8 Å². The van der Waals surface area contributed by atoms with Crippen LogP contribution in [0.5, 0.6) is 17.2 Å². The van der Waals surface area contributed by atoms with Crippen molar-refractivity contribution in [3.8, 4) is 17.2 Å². The first-order valence-corrected chi connectivity index (χ1v) is 21.3. The summed E-state index contributed by atoms with van der Waals surface area (Å²) < 4.78 is 21.0. The Kier molecular flexibility index (Phi) is 13.9. The summed E-state index contributed by atoms with van der Waals surface area (Å²) in [4.78, 5) is 19.0. The lowest BCUT2D eigenvalue weighted by molar-refractivity contribution is -0.223. The summed E-state index contributed by atoms with van der Waals surface area (Å²) in [6.45, 7) is 16.3. The molecule has 1 aliphatic heterocycles. The van der Waals surface area contributed by atoms with Crippen LogP contribution in [0.3, 0.4) is 0 Å². The second-order valence-corrected chi connectivity index (χ2v) is 17.9. The molecule has 10 heteroatoms. The molecule has 0 unspecified atom stereocenters. The lowest BCUT2D eigenvalue weighted by Crippen LogP contribution is -2.64. The first-order valence-electron chi connectivity index (χ1n) is 20.4. The number of amides is 1. The molecule has 57 heavy (non-hydrogen) atoms. The molecular formula is C47H60N2O7S. The van der Waals surface area contributed by atoms with E-state index in [9.17, 15) is 15.0 Å². The van der Waals surface area contributed by atoms with Crippen LogP contribution >= 0.6 is 11.8 Å². The highest BCUT2D eigenvalue weighted by molar-refractivity contribution is 8.00. The van der Waals surface area contributed by atoms with E-state index in [2.05, 4.69) is 50.0 Å². The number of oxime groups is 1. The first-order chi connectivity index (χ1) is 27.3. The van der Waals surface area contributed by atoms with Crippen LogP contribution in [-0.4, -0.2) is 58.3 Å². The highest BCUT2D eigenvalue weighted by Crippen LogP contribution is 2.63. The largest absolute Gasteiger partial charge is 0.460 e. The maximum absolute atomic E-state index is 11.8. The van der Waals surface area contributed by atoms with Crippen LogP contribution in [0.2, 0.25) is 0 Å². The fourth-order valence-corrected chi connectivity index (χ4v) is 9.87. The number of hydrogen-bond acceptors (Lipinski definition) is 9. The number of carbonyl (C=O) groups excluding carboxylic acids is 1. The van der Waals surface area contributed by atoms with Crippen molar-refractivity contribution >= 4 is 29.1 Å². The van der Waals surface area contributed by atoms with Gasteiger partial charge in [-0.1, -0.05) is 36.2 Å². The molecule has 3 N–H and O–H groups in total. The van der Waals surface area contributed by atoms with Crippen LogP contribution in [-0.2, 0) is 14.4 Å². The van der Waals surface area contributed by atoms with E-state index in [1.165, 1.54) is 12.5 Å². The summed E-state index contributed by atoms with van der Waals surface area (Å²) in [5, 5.41) is 27.3. The third-order valence-electron chi connectivity index (χ3n) is 11.2. The minimum atomic E-state index is -1.12. The Bertz CT molecular complexity index is 1940.